The van der Waals surface area contributed by atoms with Crippen molar-refractivity contribution in [1.82, 2.24) is 0 Å². The lowest BCUT2D eigenvalue weighted by Gasteiger charge is -2.63. The second kappa shape index (κ2) is 7.95. The Morgan fingerprint density at radius 1 is 1.03 bits per heavy atom. The summed E-state index contributed by atoms with van der Waals surface area (Å²) in [6.07, 6.45) is 11.6. The zero-order chi connectivity index (χ0) is 21.0. The minimum absolute atomic E-state index is 0.205. The Labute approximate surface area is 178 Å². The minimum Gasteiger partial charge on any atom is -0.396 e. The maximum atomic E-state index is 11.6. The summed E-state index contributed by atoms with van der Waals surface area (Å²) in [6.45, 7) is 9.81. The van der Waals surface area contributed by atoms with Crippen molar-refractivity contribution in [2.45, 2.75) is 97.7 Å². The predicted octanol–water partition coefficient (Wildman–Crippen LogP) is 4.94. The van der Waals surface area contributed by atoms with Crippen molar-refractivity contribution in [3.63, 3.8) is 0 Å². The molecule has 0 radical (unpaired) electrons. The van der Waals surface area contributed by atoms with Crippen molar-refractivity contribution in [3.8, 4) is 0 Å². The van der Waals surface area contributed by atoms with Crippen LogP contribution in [0.15, 0.2) is 11.6 Å². The van der Waals surface area contributed by atoms with Crippen molar-refractivity contribution < 1.29 is 15.3 Å². The van der Waals surface area contributed by atoms with Crippen LogP contribution in [0.3, 0.4) is 0 Å². The highest BCUT2D eigenvalue weighted by Crippen LogP contribution is 2.69. The van der Waals surface area contributed by atoms with Crippen LogP contribution in [0.2, 0.25) is 0 Å². The first kappa shape index (κ1) is 21.8. The molecular formula is C26H44O3. The Bertz CT molecular complexity index is 629. The van der Waals surface area contributed by atoms with Gasteiger partial charge in [-0.15, -0.1) is 0 Å². The number of fused-ring (bicyclic) bond motifs is 5. The maximum absolute atomic E-state index is 11.6. The van der Waals surface area contributed by atoms with E-state index < -0.39 is 0 Å². The minimum atomic E-state index is -0.329. The number of hydrogen-bond acceptors (Lipinski definition) is 3. The Morgan fingerprint density at radius 3 is 2.41 bits per heavy atom. The van der Waals surface area contributed by atoms with Gasteiger partial charge in [-0.2, -0.15) is 0 Å². The Balaban J connectivity index is 1.65. The average Bonchev–Trinajstić information content (AvgIpc) is 3.05. The lowest BCUT2D eigenvalue weighted by Crippen LogP contribution is -2.59. The Kier molecular flexibility index (Phi) is 5.99. The molecule has 4 saturated carbocycles. The van der Waals surface area contributed by atoms with Crippen LogP contribution in [0.5, 0.6) is 0 Å². The van der Waals surface area contributed by atoms with Crippen molar-refractivity contribution in [2.75, 3.05) is 6.61 Å². The summed E-state index contributed by atoms with van der Waals surface area (Å²) >= 11 is 0. The molecule has 0 amide bonds. The SMILES string of the molecule is C/C=C1/[C@H](O)C2C3CC[C@H]([C@H](C)CCCO)[C@@]3(C)CCC2[C@@]2(C)CC[C@@H](O)C[C@@H]12. The third-order valence-corrected chi connectivity index (χ3v) is 10.5. The monoisotopic (exact) mass is 404 g/mol. The summed E-state index contributed by atoms with van der Waals surface area (Å²) in [6, 6.07) is 0. The fourth-order valence-electron chi connectivity index (χ4n) is 9.07. The Morgan fingerprint density at radius 2 is 1.72 bits per heavy atom. The van der Waals surface area contributed by atoms with Crippen LogP contribution in [-0.2, 0) is 0 Å². The quantitative estimate of drug-likeness (QED) is 0.582. The van der Waals surface area contributed by atoms with Crippen LogP contribution in [0.4, 0.5) is 0 Å². The van der Waals surface area contributed by atoms with E-state index in [2.05, 4.69) is 33.8 Å². The van der Waals surface area contributed by atoms with Gasteiger partial charge < -0.3 is 15.3 Å². The van der Waals surface area contributed by atoms with Gasteiger partial charge >= 0.3 is 0 Å². The average molecular weight is 405 g/mol. The van der Waals surface area contributed by atoms with Gasteiger partial charge in [-0.05, 0) is 117 Å². The molecule has 0 aliphatic heterocycles. The summed E-state index contributed by atoms with van der Waals surface area (Å²) in [5, 5.41) is 31.3. The molecule has 0 aromatic heterocycles. The van der Waals surface area contributed by atoms with Crippen molar-refractivity contribution >= 4 is 0 Å². The van der Waals surface area contributed by atoms with E-state index in [0.717, 1.165) is 38.0 Å². The molecule has 166 valence electrons. The summed E-state index contributed by atoms with van der Waals surface area (Å²) in [5.74, 6) is 3.30. The topological polar surface area (TPSA) is 60.7 Å². The van der Waals surface area contributed by atoms with E-state index in [1.54, 1.807) is 0 Å². The summed E-state index contributed by atoms with van der Waals surface area (Å²) < 4.78 is 0. The molecule has 3 N–H and O–H groups in total. The van der Waals surface area contributed by atoms with Gasteiger partial charge in [0.2, 0.25) is 0 Å². The zero-order valence-corrected chi connectivity index (χ0v) is 19.1. The molecule has 29 heavy (non-hydrogen) atoms. The van der Waals surface area contributed by atoms with Gasteiger partial charge in [0.1, 0.15) is 0 Å². The molecule has 4 rings (SSSR count). The van der Waals surface area contributed by atoms with Gasteiger partial charge in [-0.3, -0.25) is 0 Å². The predicted molar refractivity (Wildman–Crippen MR) is 117 cm³/mol. The van der Waals surface area contributed by atoms with Crippen LogP contribution in [-0.4, -0.2) is 34.1 Å². The van der Waals surface area contributed by atoms with Gasteiger partial charge in [0, 0.05) is 6.61 Å². The van der Waals surface area contributed by atoms with Crippen LogP contribution in [0, 0.1) is 46.3 Å². The molecule has 0 aromatic rings. The lowest BCUT2D eigenvalue weighted by atomic mass is 9.42. The molecule has 3 unspecified atom stereocenters. The van der Waals surface area contributed by atoms with Gasteiger partial charge in [0.25, 0.3) is 0 Å². The van der Waals surface area contributed by atoms with E-state index in [1.165, 1.54) is 31.3 Å². The third kappa shape index (κ3) is 3.26. The molecule has 3 nitrogen and oxygen atoms in total. The molecule has 0 spiro atoms. The van der Waals surface area contributed by atoms with E-state index in [-0.39, 0.29) is 17.6 Å². The standard InChI is InChI=1S/C26H44O3/c1-5-18-22-15-17(28)10-12-26(22,4)21-11-13-25(3)19(16(2)7-6-14-27)8-9-20(25)23(21)24(18)29/h5,16-17,19-24,27-29H,6-15H2,1-4H3/b18-5+/t16-,17-,19-,20?,21?,22+,23?,24+,25-,26-/m1/s1. The largest absolute Gasteiger partial charge is 0.396 e. The van der Waals surface area contributed by atoms with E-state index >= 15 is 0 Å². The molecule has 4 aliphatic rings. The smallest absolute Gasteiger partial charge is 0.0786 e. The number of hydrogen-bond donors (Lipinski definition) is 3. The highest BCUT2D eigenvalue weighted by molar-refractivity contribution is 5.26. The molecule has 4 aliphatic carbocycles. The maximum Gasteiger partial charge on any atom is 0.0786 e. The summed E-state index contributed by atoms with van der Waals surface area (Å²) in [5.41, 5.74) is 1.79. The fraction of sp³-hybridized carbons (Fsp3) is 0.923. The van der Waals surface area contributed by atoms with Gasteiger partial charge in [-0.1, -0.05) is 26.8 Å². The highest BCUT2D eigenvalue weighted by atomic mass is 16.3. The van der Waals surface area contributed by atoms with Crippen LogP contribution in [0.1, 0.15) is 85.5 Å². The number of aliphatic hydroxyl groups is 3. The second-order valence-electron chi connectivity index (χ2n) is 11.6. The molecule has 0 bridgehead atoms. The molecule has 3 heteroatoms. The van der Waals surface area contributed by atoms with E-state index in [9.17, 15) is 15.3 Å². The lowest BCUT2D eigenvalue weighted by molar-refractivity contribution is -0.147. The van der Waals surface area contributed by atoms with E-state index in [0.29, 0.717) is 41.6 Å². The number of rotatable bonds is 4. The molecule has 0 saturated heterocycles. The Hall–Kier alpha value is -0.380. The molecular weight excluding hydrogens is 360 g/mol. The van der Waals surface area contributed by atoms with Gasteiger partial charge in [0.15, 0.2) is 0 Å². The number of allylic oxidation sites excluding steroid dienone is 1. The first-order chi connectivity index (χ1) is 13.8. The van der Waals surface area contributed by atoms with Crippen LogP contribution in [0.25, 0.3) is 0 Å². The molecule has 10 atom stereocenters. The molecule has 0 heterocycles. The van der Waals surface area contributed by atoms with Crippen molar-refractivity contribution in [3.05, 3.63) is 11.6 Å². The van der Waals surface area contributed by atoms with Crippen molar-refractivity contribution in [2.24, 2.45) is 46.3 Å². The zero-order valence-electron chi connectivity index (χ0n) is 19.1. The first-order valence-electron chi connectivity index (χ1n) is 12.4. The van der Waals surface area contributed by atoms with Crippen molar-refractivity contribution in [1.29, 1.82) is 0 Å². The van der Waals surface area contributed by atoms with Gasteiger partial charge in [0.05, 0.1) is 12.2 Å². The van der Waals surface area contributed by atoms with Gasteiger partial charge in [-0.25, -0.2) is 0 Å². The number of aliphatic hydroxyl groups excluding tert-OH is 3. The molecule has 0 aromatic carbocycles. The van der Waals surface area contributed by atoms with Crippen LogP contribution >= 0.6 is 0 Å². The fourth-order valence-corrected chi connectivity index (χ4v) is 9.07. The summed E-state index contributed by atoms with van der Waals surface area (Å²) in [7, 11) is 0. The second-order valence-corrected chi connectivity index (χ2v) is 11.6. The molecule has 4 fully saturated rings. The van der Waals surface area contributed by atoms with E-state index in [1.807, 2.05) is 0 Å². The van der Waals surface area contributed by atoms with E-state index in [4.69, 9.17) is 0 Å². The normalized spacial score (nSPS) is 52.0. The third-order valence-electron chi connectivity index (χ3n) is 10.5. The highest BCUT2D eigenvalue weighted by Gasteiger charge is 2.63. The first-order valence-corrected chi connectivity index (χ1v) is 12.4. The van der Waals surface area contributed by atoms with Crippen LogP contribution < -0.4 is 0 Å². The summed E-state index contributed by atoms with van der Waals surface area (Å²) in [4.78, 5) is 0.